The van der Waals surface area contributed by atoms with Gasteiger partial charge in [0.25, 0.3) is 0 Å². The lowest BCUT2D eigenvalue weighted by molar-refractivity contribution is 0.399. The van der Waals surface area contributed by atoms with Gasteiger partial charge in [-0.25, -0.2) is 4.98 Å². The summed E-state index contributed by atoms with van der Waals surface area (Å²) in [5.41, 5.74) is 3.13. The van der Waals surface area contributed by atoms with Crippen molar-refractivity contribution in [3.8, 4) is 28.8 Å². The Morgan fingerprint density at radius 2 is 1.80 bits per heavy atom. The molecule has 0 aliphatic rings. The first-order chi connectivity index (χ1) is 12.3. The first-order valence-electron chi connectivity index (χ1n) is 7.79. The lowest BCUT2D eigenvalue weighted by Gasteiger charge is -2.10. The Hall–Kier alpha value is -3.41. The molecule has 0 amide bonds. The van der Waals surface area contributed by atoms with E-state index in [4.69, 9.17) is 14.5 Å². The molecule has 0 spiro atoms. The van der Waals surface area contributed by atoms with E-state index >= 15 is 0 Å². The molecule has 0 saturated heterocycles. The van der Waals surface area contributed by atoms with Crippen molar-refractivity contribution >= 4 is 11.2 Å². The number of ether oxygens (including phenoxy) is 2. The number of nitrogens with zero attached hydrogens (tertiary/aromatic N) is 4. The number of hydrogen-bond donors (Lipinski definition) is 0. The summed E-state index contributed by atoms with van der Waals surface area (Å²) in [5.74, 6) is 2.00. The van der Waals surface area contributed by atoms with Crippen LogP contribution in [0.15, 0.2) is 60.8 Å². The number of imidazole rings is 1. The van der Waals surface area contributed by atoms with Gasteiger partial charge in [-0.2, -0.15) is 4.98 Å². The molecule has 1 aromatic carbocycles. The molecule has 0 aliphatic carbocycles. The Labute approximate surface area is 144 Å². The van der Waals surface area contributed by atoms with Crippen LogP contribution in [-0.2, 0) is 0 Å². The predicted octanol–water partition coefficient (Wildman–Crippen LogP) is 3.50. The van der Waals surface area contributed by atoms with Gasteiger partial charge < -0.3 is 9.47 Å². The fourth-order valence-electron chi connectivity index (χ4n) is 2.71. The van der Waals surface area contributed by atoms with E-state index in [1.807, 2.05) is 53.1 Å². The Morgan fingerprint density at radius 3 is 2.56 bits per heavy atom. The standard InChI is InChI=1S/C19H16N4O2/c1-24-14-7-5-6-13(12-14)23-18(15-8-3-4-11-20-15)21-16-9-10-17(25-2)22-19(16)23/h3-12H,1-2H3. The van der Waals surface area contributed by atoms with Gasteiger partial charge in [0.15, 0.2) is 11.5 Å². The van der Waals surface area contributed by atoms with Crippen LogP contribution in [0.1, 0.15) is 0 Å². The van der Waals surface area contributed by atoms with Crippen LogP contribution in [0.5, 0.6) is 11.6 Å². The van der Waals surface area contributed by atoms with Crippen molar-refractivity contribution in [1.29, 1.82) is 0 Å². The Bertz CT molecular complexity index is 1030. The quantitative estimate of drug-likeness (QED) is 0.572. The molecule has 6 nitrogen and oxygen atoms in total. The summed E-state index contributed by atoms with van der Waals surface area (Å²) in [6, 6.07) is 17.2. The van der Waals surface area contributed by atoms with E-state index in [0.29, 0.717) is 17.4 Å². The number of rotatable bonds is 4. The monoisotopic (exact) mass is 332 g/mol. The van der Waals surface area contributed by atoms with Gasteiger partial charge >= 0.3 is 0 Å². The highest BCUT2D eigenvalue weighted by atomic mass is 16.5. The second-order valence-corrected chi connectivity index (χ2v) is 5.38. The number of methoxy groups -OCH3 is 2. The third kappa shape index (κ3) is 2.67. The van der Waals surface area contributed by atoms with Gasteiger partial charge in [-0.1, -0.05) is 12.1 Å². The van der Waals surface area contributed by atoms with Crippen LogP contribution in [0.4, 0.5) is 0 Å². The van der Waals surface area contributed by atoms with Gasteiger partial charge in [0.1, 0.15) is 17.0 Å². The summed E-state index contributed by atoms with van der Waals surface area (Å²) >= 11 is 0. The summed E-state index contributed by atoms with van der Waals surface area (Å²) in [6.45, 7) is 0. The zero-order valence-corrected chi connectivity index (χ0v) is 13.9. The number of hydrogen-bond acceptors (Lipinski definition) is 5. The van der Waals surface area contributed by atoms with Gasteiger partial charge in [0.2, 0.25) is 5.88 Å². The molecule has 3 aromatic heterocycles. The second kappa shape index (κ2) is 6.24. The summed E-state index contributed by atoms with van der Waals surface area (Å²) in [6.07, 6.45) is 1.75. The van der Waals surface area contributed by atoms with Gasteiger partial charge in [-0.05, 0) is 30.3 Å². The minimum absolute atomic E-state index is 0.532. The van der Waals surface area contributed by atoms with E-state index in [1.165, 1.54) is 0 Å². The molecule has 0 N–H and O–H groups in total. The molecule has 124 valence electrons. The van der Waals surface area contributed by atoms with Crippen molar-refractivity contribution in [1.82, 2.24) is 19.5 Å². The van der Waals surface area contributed by atoms with Gasteiger partial charge in [0.05, 0.1) is 19.9 Å². The van der Waals surface area contributed by atoms with Crippen molar-refractivity contribution < 1.29 is 9.47 Å². The number of pyridine rings is 2. The van der Waals surface area contributed by atoms with Crippen LogP contribution < -0.4 is 9.47 Å². The molecule has 3 heterocycles. The van der Waals surface area contributed by atoms with Crippen molar-refractivity contribution in [3.05, 3.63) is 60.8 Å². The van der Waals surface area contributed by atoms with Crippen molar-refractivity contribution in [2.75, 3.05) is 14.2 Å². The summed E-state index contributed by atoms with van der Waals surface area (Å²) in [5, 5.41) is 0. The molecule has 0 atom stereocenters. The lowest BCUT2D eigenvalue weighted by Crippen LogP contribution is -2.00. The minimum atomic E-state index is 0.532. The van der Waals surface area contributed by atoms with Crippen LogP contribution in [0.2, 0.25) is 0 Å². The Balaban J connectivity index is 2.04. The molecule has 0 fully saturated rings. The van der Waals surface area contributed by atoms with E-state index in [9.17, 15) is 0 Å². The number of benzene rings is 1. The van der Waals surface area contributed by atoms with E-state index in [-0.39, 0.29) is 0 Å². The third-order valence-corrected chi connectivity index (χ3v) is 3.89. The van der Waals surface area contributed by atoms with E-state index in [2.05, 4.69) is 9.97 Å². The fraction of sp³-hybridized carbons (Fsp3) is 0.105. The number of fused-ring (bicyclic) bond motifs is 1. The summed E-state index contributed by atoms with van der Waals surface area (Å²) in [7, 11) is 3.24. The Morgan fingerprint density at radius 1 is 0.880 bits per heavy atom. The normalized spacial score (nSPS) is 10.8. The van der Waals surface area contributed by atoms with Crippen LogP contribution in [0.3, 0.4) is 0 Å². The first-order valence-corrected chi connectivity index (χ1v) is 7.79. The van der Waals surface area contributed by atoms with Crippen LogP contribution >= 0.6 is 0 Å². The second-order valence-electron chi connectivity index (χ2n) is 5.38. The smallest absolute Gasteiger partial charge is 0.215 e. The van der Waals surface area contributed by atoms with E-state index in [0.717, 1.165) is 22.6 Å². The molecule has 25 heavy (non-hydrogen) atoms. The third-order valence-electron chi connectivity index (χ3n) is 3.89. The van der Waals surface area contributed by atoms with Crippen molar-refractivity contribution in [2.24, 2.45) is 0 Å². The molecule has 6 heteroatoms. The molecule has 4 rings (SSSR count). The van der Waals surface area contributed by atoms with E-state index in [1.54, 1.807) is 26.5 Å². The zero-order valence-electron chi connectivity index (χ0n) is 13.9. The highest BCUT2D eigenvalue weighted by molar-refractivity contribution is 5.80. The van der Waals surface area contributed by atoms with Crippen LogP contribution in [0, 0.1) is 0 Å². The van der Waals surface area contributed by atoms with Crippen molar-refractivity contribution in [3.63, 3.8) is 0 Å². The van der Waals surface area contributed by atoms with Gasteiger partial charge in [0, 0.05) is 18.3 Å². The topological polar surface area (TPSA) is 62.1 Å². The number of aromatic nitrogens is 4. The van der Waals surface area contributed by atoms with Crippen molar-refractivity contribution in [2.45, 2.75) is 0 Å². The average molecular weight is 332 g/mol. The maximum absolute atomic E-state index is 5.36. The molecule has 0 radical (unpaired) electrons. The summed E-state index contributed by atoms with van der Waals surface area (Å²) in [4.78, 5) is 13.8. The predicted molar refractivity (Wildman–Crippen MR) is 95.2 cm³/mol. The Kier molecular flexibility index (Phi) is 3.78. The lowest BCUT2D eigenvalue weighted by atomic mass is 10.2. The molecule has 0 unspecified atom stereocenters. The fourth-order valence-corrected chi connectivity index (χ4v) is 2.71. The van der Waals surface area contributed by atoms with Crippen LogP contribution in [0.25, 0.3) is 28.4 Å². The SMILES string of the molecule is COc1cccc(-n2c(-c3ccccn3)nc3ccc(OC)nc32)c1. The van der Waals surface area contributed by atoms with Crippen LogP contribution in [-0.4, -0.2) is 33.7 Å². The molecule has 4 aromatic rings. The molecule has 0 saturated carbocycles. The van der Waals surface area contributed by atoms with Gasteiger partial charge in [-0.15, -0.1) is 0 Å². The molecule has 0 bridgehead atoms. The minimum Gasteiger partial charge on any atom is -0.497 e. The maximum Gasteiger partial charge on any atom is 0.215 e. The highest BCUT2D eigenvalue weighted by Crippen LogP contribution is 2.29. The van der Waals surface area contributed by atoms with Gasteiger partial charge in [-0.3, -0.25) is 9.55 Å². The maximum atomic E-state index is 5.36. The largest absolute Gasteiger partial charge is 0.497 e. The zero-order chi connectivity index (χ0) is 17.2. The average Bonchev–Trinajstić information content (AvgIpc) is 3.07. The first kappa shape index (κ1) is 15.1. The summed E-state index contributed by atoms with van der Waals surface area (Å²) < 4.78 is 12.6. The molecular formula is C19H16N4O2. The highest BCUT2D eigenvalue weighted by Gasteiger charge is 2.17. The molecular weight excluding hydrogens is 316 g/mol. The molecule has 0 aliphatic heterocycles. The van der Waals surface area contributed by atoms with E-state index < -0.39 is 0 Å².